The number of hydrazine groups is 1. The number of benzene rings is 1. The molecular weight excluding hydrogens is 254 g/mol. The average Bonchev–Trinajstić information content (AvgIpc) is 2.30. The summed E-state index contributed by atoms with van der Waals surface area (Å²) in [6, 6.07) is 6.86. The standard InChI is InChI=1S/C11H12ClN5O/c1-7-14-10(16(2)13)15-11(18)17(7)9-5-3-8(12)4-6-9/h3-6H,13H2,1-2H3. The van der Waals surface area contributed by atoms with Crippen molar-refractivity contribution in [3.05, 3.63) is 45.6 Å². The van der Waals surface area contributed by atoms with Crippen molar-refractivity contribution in [3.8, 4) is 5.69 Å². The number of anilines is 1. The first kappa shape index (κ1) is 12.5. The Morgan fingerprint density at radius 2 is 1.89 bits per heavy atom. The fourth-order valence-electron chi connectivity index (χ4n) is 1.54. The molecule has 1 aromatic carbocycles. The van der Waals surface area contributed by atoms with Crippen molar-refractivity contribution in [2.24, 2.45) is 5.84 Å². The Balaban J connectivity index is 2.59. The summed E-state index contributed by atoms with van der Waals surface area (Å²) >= 11 is 5.80. The molecule has 7 heteroatoms. The molecule has 0 aliphatic carbocycles. The molecule has 0 spiro atoms. The zero-order valence-corrected chi connectivity index (χ0v) is 10.7. The first-order valence-electron chi connectivity index (χ1n) is 5.21. The highest BCUT2D eigenvalue weighted by Crippen LogP contribution is 2.13. The molecule has 0 radical (unpaired) electrons. The number of hydrogen-bond acceptors (Lipinski definition) is 5. The van der Waals surface area contributed by atoms with Gasteiger partial charge in [0.05, 0.1) is 5.69 Å². The van der Waals surface area contributed by atoms with Crippen molar-refractivity contribution in [1.82, 2.24) is 14.5 Å². The van der Waals surface area contributed by atoms with Crippen molar-refractivity contribution in [2.45, 2.75) is 6.92 Å². The van der Waals surface area contributed by atoms with Gasteiger partial charge in [0.15, 0.2) is 0 Å². The molecule has 18 heavy (non-hydrogen) atoms. The van der Waals surface area contributed by atoms with E-state index in [0.29, 0.717) is 16.5 Å². The summed E-state index contributed by atoms with van der Waals surface area (Å²) in [5, 5.41) is 1.80. The van der Waals surface area contributed by atoms with Gasteiger partial charge in [-0.1, -0.05) is 11.6 Å². The maximum atomic E-state index is 11.9. The van der Waals surface area contributed by atoms with Crippen LogP contribution in [-0.4, -0.2) is 21.6 Å². The third-order valence-electron chi connectivity index (χ3n) is 2.37. The molecule has 0 fully saturated rings. The number of nitrogens with two attached hydrogens (primary N) is 1. The number of aryl methyl sites for hydroxylation is 1. The van der Waals surface area contributed by atoms with Crippen molar-refractivity contribution in [3.63, 3.8) is 0 Å². The molecule has 0 aliphatic rings. The van der Waals surface area contributed by atoms with Crippen LogP contribution >= 0.6 is 11.6 Å². The minimum absolute atomic E-state index is 0.183. The van der Waals surface area contributed by atoms with Crippen LogP contribution in [-0.2, 0) is 0 Å². The summed E-state index contributed by atoms with van der Waals surface area (Å²) < 4.78 is 1.39. The highest BCUT2D eigenvalue weighted by atomic mass is 35.5. The zero-order chi connectivity index (χ0) is 13.3. The summed E-state index contributed by atoms with van der Waals surface area (Å²) in [5.74, 6) is 6.19. The fourth-order valence-corrected chi connectivity index (χ4v) is 1.66. The van der Waals surface area contributed by atoms with Gasteiger partial charge < -0.3 is 0 Å². The van der Waals surface area contributed by atoms with E-state index in [1.54, 1.807) is 38.2 Å². The minimum Gasteiger partial charge on any atom is -0.282 e. The monoisotopic (exact) mass is 265 g/mol. The van der Waals surface area contributed by atoms with Crippen LogP contribution in [0.5, 0.6) is 0 Å². The van der Waals surface area contributed by atoms with Gasteiger partial charge in [0.25, 0.3) is 0 Å². The van der Waals surface area contributed by atoms with Crippen LogP contribution in [0.2, 0.25) is 5.02 Å². The van der Waals surface area contributed by atoms with E-state index in [0.717, 1.165) is 0 Å². The van der Waals surface area contributed by atoms with Gasteiger partial charge >= 0.3 is 5.69 Å². The molecule has 0 saturated carbocycles. The number of halogens is 1. The predicted molar refractivity (Wildman–Crippen MR) is 70.0 cm³/mol. The number of rotatable bonds is 2. The summed E-state index contributed by atoms with van der Waals surface area (Å²) in [5.41, 5.74) is 0.227. The summed E-state index contributed by atoms with van der Waals surface area (Å²) in [6.07, 6.45) is 0. The van der Waals surface area contributed by atoms with Gasteiger partial charge in [-0.3, -0.25) is 5.01 Å². The van der Waals surface area contributed by atoms with E-state index in [4.69, 9.17) is 17.4 Å². The summed E-state index contributed by atoms with van der Waals surface area (Å²) in [7, 11) is 1.57. The lowest BCUT2D eigenvalue weighted by molar-refractivity contribution is 0.781. The Labute approximate surface area is 109 Å². The average molecular weight is 266 g/mol. The molecule has 6 nitrogen and oxygen atoms in total. The summed E-state index contributed by atoms with van der Waals surface area (Å²) in [6.45, 7) is 1.71. The van der Waals surface area contributed by atoms with Gasteiger partial charge in [-0.05, 0) is 31.2 Å². The lowest BCUT2D eigenvalue weighted by atomic mass is 10.3. The molecule has 2 rings (SSSR count). The smallest absolute Gasteiger partial charge is 0.282 e. The maximum Gasteiger partial charge on any atom is 0.356 e. The molecule has 94 valence electrons. The van der Waals surface area contributed by atoms with E-state index in [9.17, 15) is 4.79 Å². The SMILES string of the molecule is Cc1nc(N(C)N)nc(=O)n1-c1ccc(Cl)cc1. The topological polar surface area (TPSA) is 77.0 Å². The van der Waals surface area contributed by atoms with E-state index in [1.165, 1.54) is 9.58 Å². The van der Waals surface area contributed by atoms with Crippen molar-refractivity contribution in [2.75, 3.05) is 12.1 Å². The molecule has 0 saturated heterocycles. The van der Waals surface area contributed by atoms with E-state index in [-0.39, 0.29) is 5.95 Å². The third kappa shape index (κ3) is 2.34. The van der Waals surface area contributed by atoms with Crippen molar-refractivity contribution < 1.29 is 0 Å². The van der Waals surface area contributed by atoms with Crippen LogP contribution < -0.4 is 16.5 Å². The largest absolute Gasteiger partial charge is 0.356 e. The van der Waals surface area contributed by atoms with Crippen LogP contribution in [0.1, 0.15) is 5.82 Å². The molecule has 0 unspecified atom stereocenters. The second-order valence-corrected chi connectivity index (χ2v) is 4.21. The van der Waals surface area contributed by atoms with Crippen LogP contribution in [0.25, 0.3) is 5.69 Å². The van der Waals surface area contributed by atoms with Crippen molar-refractivity contribution in [1.29, 1.82) is 0 Å². The zero-order valence-electron chi connectivity index (χ0n) is 9.96. The van der Waals surface area contributed by atoms with Gasteiger partial charge in [0, 0.05) is 12.1 Å². The third-order valence-corrected chi connectivity index (χ3v) is 2.62. The van der Waals surface area contributed by atoms with E-state index in [1.807, 2.05) is 0 Å². The summed E-state index contributed by atoms with van der Waals surface area (Å²) in [4.78, 5) is 19.9. The second-order valence-electron chi connectivity index (χ2n) is 3.78. The van der Waals surface area contributed by atoms with Gasteiger partial charge in [-0.2, -0.15) is 9.97 Å². The first-order chi connectivity index (χ1) is 8.49. The van der Waals surface area contributed by atoms with Crippen LogP contribution in [0.4, 0.5) is 5.95 Å². The Morgan fingerprint density at radius 3 is 2.39 bits per heavy atom. The van der Waals surface area contributed by atoms with Gasteiger partial charge in [0.1, 0.15) is 5.82 Å². The van der Waals surface area contributed by atoms with E-state index < -0.39 is 5.69 Å². The number of nitrogens with zero attached hydrogens (tertiary/aromatic N) is 4. The predicted octanol–water partition coefficient (Wildman–Crippen LogP) is 0.899. The normalized spacial score (nSPS) is 10.4. The maximum absolute atomic E-state index is 11.9. The Morgan fingerprint density at radius 1 is 1.28 bits per heavy atom. The van der Waals surface area contributed by atoms with Crippen molar-refractivity contribution >= 4 is 17.5 Å². The number of hydrogen-bond donors (Lipinski definition) is 1. The van der Waals surface area contributed by atoms with E-state index in [2.05, 4.69) is 9.97 Å². The Kier molecular flexibility index (Phi) is 3.31. The second kappa shape index (κ2) is 4.75. The lowest BCUT2D eigenvalue weighted by Crippen LogP contribution is -2.33. The molecule has 2 aromatic rings. The molecule has 0 bridgehead atoms. The van der Waals surface area contributed by atoms with E-state index >= 15 is 0 Å². The lowest BCUT2D eigenvalue weighted by Gasteiger charge is -2.13. The van der Waals surface area contributed by atoms with Gasteiger partial charge in [-0.15, -0.1) is 0 Å². The minimum atomic E-state index is -0.433. The van der Waals surface area contributed by atoms with Gasteiger partial charge in [-0.25, -0.2) is 15.2 Å². The molecule has 1 aromatic heterocycles. The van der Waals surface area contributed by atoms with Gasteiger partial charge in [0.2, 0.25) is 5.95 Å². The Hall–Kier alpha value is -1.92. The quantitative estimate of drug-likeness (QED) is 0.645. The van der Waals surface area contributed by atoms with Crippen LogP contribution in [0, 0.1) is 6.92 Å². The highest BCUT2D eigenvalue weighted by Gasteiger charge is 2.09. The Bertz CT molecular complexity index is 620. The molecular formula is C11H12ClN5O. The molecule has 2 N–H and O–H groups in total. The van der Waals surface area contributed by atoms with Crippen LogP contribution in [0.3, 0.4) is 0 Å². The molecule has 0 aliphatic heterocycles. The molecule has 1 heterocycles. The van der Waals surface area contributed by atoms with Crippen LogP contribution in [0.15, 0.2) is 29.1 Å². The number of aromatic nitrogens is 3. The molecule has 0 atom stereocenters. The highest BCUT2D eigenvalue weighted by molar-refractivity contribution is 6.30. The first-order valence-corrected chi connectivity index (χ1v) is 5.59. The molecule has 0 amide bonds. The fraction of sp³-hybridized carbons (Fsp3) is 0.182.